The van der Waals surface area contributed by atoms with Gasteiger partial charge in [-0.15, -0.1) is 0 Å². The Morgan fingerprint density at radius 1 is 1.29 bits per heavy atom. The number of hydrogen-bond donors (Lipinski definition) is 0. The molecular formula is C17H27N3O. The molecule has 1 aliphatic rings. The minimum atomic E-state index is 0.113. The first-order valence-corrected chi connectivity index (χ1v) is 7.85. The molecule has 1 saturated heterocycles. The van der Waals surface area contributed by atoms with E-state index in [1.54, 1.807) is 0 Å². The van der Waals surface area contributed by atoms with Crippen molar-refractivity contribution in [3.8, 4) is 0 Å². The molecule has 1 aliphatic heterocycles. The van der Waals surface area contributed by atoms with Crippen LogP contribution >= 0.6 is 0 Å². The zero-order valence-electron chi connectivity index (χ0n) is 13.9. The lowest BCUT2D eigenvalue weighted by Gasteiger charge is -2.35. The van der Waals surface area contributed by atoms with E-state index in [-0.39, 0.29) is 11.3 Å². The molecule has 2 rings (SSSR count). The van der Waals surface area contributed by atoms with Gasteiger partial charge in [-0.25, -0.2) is 4.98 Å². The van der Waals surface area contributed by atoms with Crippen LogP contribution in [0.2, 0.25) is 0 Å². The summed E-state index contributed by atoms with van der Waals surface area (Å²) in [6.45, 7) is 13.9. The lowest BCUT2D eigenvalue weighted by molar-refractivity contribution is -0.130. The van der Waals surface area contributed by atoms with E-state index in [2.05, 4.69) is 43.6 Å². The van der Waals surface area contributed by atoms with Gasteiger partial charge in [0.05, 0.1) is 6.54 Å². The second-order valence-electron chi connectivity index (χ2n) is 6.68. The number of rotatable bonds is 4. The molecule has 0 aromatic carbocycles. The van der Waals surface area contributed by atoms with Crippen LogP contribution in [0.4, 0.5) is 5.82 Å². The Morgan fingerprint density at radius 2 is 2.00 bits per heavy atom. The predicted molar refractivity (Wildman–Crippen MR) is 86.6 cm³/mol. The Hall–Kier alpha value is -1.58. The van der Waals surface area contributed by atoms with E-state index in [1.807, 2.05) is 24.1 Å². The topological polar surface area (TPSA) is 36.4 Å². The Labute approximate surface area is 128 Å². The summed E-state index contributed by atoms with van der Waals surface area (Å²) >= 11 is 0. The van der Waals surface area contributed by atoms with Crippen LogP contribution in [-0.2, 0) is 10.2 Å². The standard InChI is InChI=1S/C17H27N3O/c1-6-19-9-10-20(12-16(19)21)15-8-7-14(11-18-15)17(4,5)13(2)3/h7-8,11,13H,6,9-10,12H2,1-5H3. The van der Waals surface area contributed by atoms with Crippen molar-refractivity contribution in [2.45, 2.75) is 40.0 Å². The number of likely N-dealkylation sites (N-methyl/N-ethyl adjacent to an activating group) is 1. The molecule has 0 saturated carbocycles. The average molecular weight is 289 g/mol. The monoisotopic (exact) mass is 289 g/mol. The highest BCUT2D eigenvalue weighted by Crippen LogP contribution is 2.31. The molecular weight excluding hydrogens is 262 g/mol. The summed E-state index contributed by atoms with van der Waals surface area (Å²) in [7, 11) is 0. The highest BCUT2D eigenvalue weighted by atomic mass is 16.2. The molecule has 1 aromatic heterocycles. The Balaban J connectivity index is 2.12. The summed E-state index contributed by atoms with van der Waals surface area (Å²) in [5, 5.41) is 0. The maximum absolute atomic E-state index is 12.0. The summed E-state index contributed by atoms with van der Waals surface area (Å²) in [6.07, 6.45) is 1.96. The SMILES string of the molecule is CCN1CCN(c2ccc(C(C)(C)C(C)C)cn2)CC1=O. The highest BCUT2D eigenvalue weighted by molar-refractivity contribution is 5.82. The van der Waals surface area contributed by atoms with Crippen LogP contribution in [0.1, 0.15) is 40.2 Å². The zero-order chi connectivity index (χ0) is 15.6. The van der Waals surface area contributed by atoms with Crippen molar-refractivity contribution in [2.24, 2.45) is 5.92 Å². The fraction of sp³-hybridized carbons (Fsp3) is 0.647. The second kappa shape index (κ2) is 6.04. The first-order chi connectivity index (χ1) is 9.86. The molecule has 0 atom stereocenters. The summed E-state index contributed by atoms with van der Waals surface area (Å²) in [4.78, 5) is 20.5. The minimum absolute atomic E-state index is 0.113. The van der Waals surface area contributed by atoms with E-state index in [0.717, 1.165) is 25.5 Å². The number of piperazine rings is 1. The Morgan fingerprint density at radius 3 is 2.48 bits per heavy atom. The molecule has 1 fully saturated rings. The largest absolute Gasteiger partial charge is 0.346 e. The number of carbonyl (C=O) groups is 1. The van der Waals surface area contributed by atoms with Gasteiger partial charge in [0.15, 0.2) is 0 Å². The molecule has 1 amide bonds. The van der Waals surface area contributed by atoms with E-state index < -0.39 is 0 Å². The smallest absolute Gasteiger partial charge is 0.242 e. The predicted octanol–water partition coefficient (Wildman–Crippen LogP) is 2.68. The first kappa shape index (κ1) is 15.8. The molecule has 1 aromatic rings. The molecule has 0 unspecified atom stereocenters. The third kappa shape index (κ3) is 3.20. The molecule has 0 aliphatic carbocycles. The summed E-state index contributed by atoms with van der Waals surface area (Å²) in [6, 6.07) is 4.20. The van der Waals surface area contributed by atoms with Crippen LogP contribution < -0.4 is 4.90 Å². The minimum Gasteiger partial charge on any atom is -0.346 e. The quantitative estimate of drug-likeness (QED) is 0.855. The highest BCUT2D eigenvalue weighted by Gasteiger charge is 2.26. The molecule has 21 heavy (non-hydrogen) atoms. The van der Waals surface area contributed by atoms with Gasteiger partial charge in [-0.2, -0.15) is 0 Å². The number of pyridine rings is 1. The number of amides is 1. The van der Waals surface area contributed by atoms with Crippen LogP contribution in [-0.4, -0.2) is 42.0 Å². The second-order valence-corrected chi connectivity index (χ2v) is 6.68. The Bertz CT molecular complexity index is 493. The zero-order valence-corrected chi connectivity index (χ0v) is 13.9. The van der Waals surface area contributed by atoms with Crippen molar-refractivity contribution in [1.82, 2.24) is 9.88 Å². The van der Waals surface area contributed by atoms with E-state index in [4.69, 9.17) is 0 Å². The van der Waals surface area contributed by atoms with Crippen molar-refractivity contribution in [3.05, 3.63) is 23.9 Å². The number of aromatic nitrogens is 1. The van der Waals surface area contributed by atoms with Crippen LogP contribution in [0, 0.1) is 5.92 Å². The van der Waals surface area contributed by atoms with E-state index in [0.29, 0.717) is 12.5 Å². The van der Waals surface area contributed by atoms with Gasteiger partial charge in [0, 0.05) is 25.8 Å². The number of nitrogens with zero attached hydrogens (tertiary/aromatic N) is 3. The number of anilines is 1. The van der Waals surface area contributed by atoms with Gasteiger partial charge < -0.3 is 9.80 Å². The normalized spacial score (nSPS) is 16.8. The van der Waals surface area contributed by atoms with E-state index >= 15 is 0 Å². The molecule has 4 heteroatoms. The summed E-state index contributed by atoms with van der Waals surface area (Å²) in [5.41, 5.74) is 1.36. The van der Waals surface area contributed by atoms with Gasteiger partial charge in [-0.3, -0.25) is 4.79 Å². The molecule has 2 heterocycles. The van der Waals surface area contributed by atoms with Gasteiger partial charge in [-0.05, 0) is 29.9 Å². The number of hydrogen-bond acceptors (Lipinski definition) is 3. The Kier molecular flexibility index (Phi) is 4.55. The maximum Gasteiger partial charge on any atom is 0.242 e. The fourth-order valence-corrected chi connectivity index (χ4v) is 2.53. The van der Waals surface area contributed by atoms with E-state index in [1.165, 1.54) is 5.56 Å². The molecule has 0 spiro atoms. The molecule has 116 valence electrons. The lowest BCUT2D eigenvalue weighted by Crippen LogP contribution is -2.50. The van der Waals surface area contributed by atoms with Crippen LogP contribution in [0.5, 0.6) is 0 Å². The van der Waals surface area contributed by atoms with Gasteiger partial charge in [0.25, 0.3) is 0 Å². The summed E-state index contributed by atoms with van der Waals surface area (Å²) < 4.78 is 0. The van der Waals surface area contributed by atoms with Crippen LogP contribution in [0.3, 0.4) is 0 Å². The van der Waals surface area contributed by atoms with Gasteiger partial charge in [-0.1, -0.05) is 33.8 Å². The first-order valence-electron chi connectivity index (χ1n) is 7.85. The van der Waals surface area contributed by atoms with Crippen molar-refractivity contribution < 1.29 is 4.79 Å². The molecule has 0 radical (unpaired) electrons. The van der Waals surface area contributed by atoms with Crippen LogP contribution in [0.15, 0.2) is 18.3 Å². The number of carbonyl (C=O) groups excluding carboxylic acids is 1. The van der Waals surface area contributed by atoms with Crippen molar-refractivity contribution >= 4 is 11.7 Å². The van der Waals surface area contributed by atoms with E-state index in [9.17, 15) is 4.79 Å². The maximum atomic E-state index is 12.0. The molecule has 0 bridgehead atoms. The molecule has 4 nitrogen and oxygen atoms in total. The lowest BCUT2D eigenvalue weighted by atomic mass is 9.76. The fourth-order valence-electron chi connectivity index (χ4n) is 2.53. The van der Waals surface area contributed by atoms with Gasteiger partial charge in [0.1, 0.15) is 5.82 Å². The van der Waals surface area contributed by atoms with Crippen molar-refractivity contribution in [1.29, 1.82) is 0 Å². The summed E-state index contributed by atoms with van der Waals surface area (Å²) in [5.74, 6) is 1.65. The third-order valence-corrected chi connectivity index (χ3v) is 4.96. The van der Waals surface area contributed by atoms with Gasteiger partial charge >= 0.3 is 0 Å². The van der Waals surface area contributed by atoms with Crippen molar-refractivity contribution in [3.63, 3.8) is 0 Å². The van der Waals surface area contributed by atoms with Gasteiger partial charge in [0.2, 0.25) is 5.91 Å². The average Bonchev–Trinajstić information content (AvgIpc) is 2.47. The third-order valence-electron chi connectivity index (χ3n) is 4.96. The molecule has 0 N–H and O–H groups in total. The van der Waals surface area contributed by atoms with Crippen molar-refractivity contribution in [2.75, 3.05) is 31.1 Å². The van der Waals surface area contributed by atoms with Crippen LogP contribution in [0.25, 0.3) is 0 Å².